The summed E-state index contributed by atoms with van der Waals surface area (Å²) in [5.41, 5.74) is 4.18. The number of aryl methyl sites for hydroxylation is 2. The van der Waals surface area contributed by atoms with Gasteiger partial charge >= 0.3 is 0 Å². The summed E-state index contributed by atoms with van der Waals surface area (Å²) in [6, 6.07) is 4.58. The Labute approximate surface area is 119 Å². The van der Waals surface area contributed by atoms with Crippen LogP contribution < -0.4 is 10.2 Å². The number of benzene rings is 1. The number of rotatable bonds is 1. The zero-order valence-corrected chi connectivity index (χ0v) is 13.4. The van der Waals surface area contributed by atoms with E-state index in [1.54, 1.807) is 0 Å². The topological polar surface area (TPSA) is 15.3 Å². The van der Waals surface area contributed by atoms with Gasteiger partial charge in [0.2, 0.25) is 0 Å². The van der Waals surface area contributed by atoms with Gasteiger partial charge < -0.3 is 10.2 Å². The van der Waals surface area contributed by atoms with Gasteiger partial charge in [0.15, 0.2) is 0 Å². The Morgan fingerprint density at radius 2 is 1.83 bits per heavy atom. The summed E-state index contributed by atoms with van der Waals surface area (Å²) in [5, 5.41) is 3.61. The number of hydrogen-bond donors (Lipinski definition) is 1. The standard InChI is InChI=1S/C15H23BrN2/c1-11-8-13(9-12(2)14(11)16)18-7-5-6-17-15(3,4)10-18/h8-9,17H,5-7,10H2,1-4H3. The lowest BCUT2D eigenvalue weighted by atomic mass is 10.0. The highest BCUT2D eigenvalue weighted by Gasteiger charge is 2.24. The van der Waals surface area contributed by atoms with Crippen LogP contribution in [-0.2, 0) is 0 Å². The third-order valence-corrected chi connectivity index (χ3v) is 4.83. The quantitative estimate of drug-likeness (QED) is 0.852. The Balaban J connectivity index is 2.30. The monoisotopic (exact) mass is 310 g/mol. The van der Waals surface area contributed by atoms with Gasteiger partial charge in [-0.3, -0.25) is 0 Å². The normalized spacial score (nSPS) is 19.7. The lowest BCUT2D eigenvalue weighted by Gasteiger charge is -2.32. The molecule has 2 rings (SSSR count). The molecule has 1 N–H and O–H groups in total. The van der Waals surface area contributed by atoms with Crippen molar-refractivity contribution < 1.29 is 0 Å². The predicted octanol–water partition coefficient (Wildman–Crippen LogP) is 3.64. The molecule has 0 saturated carbocycles. The van der Waals surface area contributed by atoms with Gasteiger partial charge in [-0.2, -0.15) is 0 Å². The number of anilines is 1. The highest BCUT2D eigenvalue weighted by atomic mass is 79.9. The Bertz CT molecular complexity index is 417. The van der Waals surface area contributed by atoms with E-state index >= 15 is 0 Å². The summed E-state index contributed by atoms with van der Waals surface area (Å²) in [4.78, 5) is 2.51. The van der Waals surface area contributed by atoms with Crippen molar-refractivity contribution in [3.63, 3.8) is 0 Å². The number of halogens is 1. The van der Waals surface area contributed by atoms with Gasteiger partial charge in [0.05, 0.1) is 0 Å². The fourth-order valence-corrected chi connectivity index (χ4v) is 2.86. The van der Waals surface area contributed by atoms with Crippen molar-refractivity contribution in [1.29, 1.82) is 0 Å². The maximum Gasteiger partial charge on any atom is 0.0372 e. The molecule has 0 spiro atoms. The van der Waals surface area contributed by atoms with E-state index in [1.165, 1.54) is 27.7 Å². The van der Waals surface area contributed by atoms with Gasteiger partial charge in [-0.15, -0.1) is 0 Å². The predicted molar refractivity (Wildman–Crippen MR) is 82.5 cm³/mol. The van der Waals surface area contributed by atoms with Gasteiger partial charge in [0.1, 0.15) is 0 Å². The van der Waals surface area contributed by atoms with Crippen molar-refractivity contribution >= 4 is 21.6 Å². The van der Waals surface area contributed by atoms with Crippen molar-refractivity contribution in [2.24, 2.45) is 0 Å². The van der Waals surface area contributed by atoms with Crippen LogP contribution in [0.2, 0.25) is 0 Å². The Morgan fingerprint density at radius 3 is 2.44 bits per heavy atom. The highest BCUT2D eigenvalue weighted by Crippen LogP contribution is 2.28. The Kier molecular flexibility index (Phi) is 4.02. The molecule has 3 heteroatoms. The largest absolute Gasteiger partial charge is 0.370 e. The minimum Gasteiger partial charge on any atom is -0.370 e. The lowest BCUT2D eigenvalue weighted by molar-refractivity contribution is 0.416. The molecule has 0 bridgehead atoms. The van der Waals surface area contributed by atoms with Gasteiger partial charge in [-0.1, -0.05) is 15.9 Å². The van der Waals surface area contributed by atoms with Crippen LogP contribution in [0.1, 0.15) is 31.4 Å². The molecule has 100 valence electrons. The molecule has 0 radical (unpaired) electrons. The highest BCUT2D eigenvalue weighted by molar-refractivity contribution is 9.10. The average molecular weight is 311 g/mol. The van der Waals surface area contributed by atoms with Crippen molar-refractivity contribution in [1.82, 2.24) is 5.32 Å². The van der Waals surface area contributed by atoms with E-state index in [-0.39, 0.29) is 5.54 Å². The van der Waals surface area contributed by atoms with Crippen LogP contribution in [0, 0.1) is 13.8 Å². The molecule has 1 aromatic carbocycles. The molecular weight excluding hydrogens is 288 g/mol. The molecule has 2 nitrogen and oxygen atoms in total. The maximum atomic E-state index is 3.64. The summed E-state index contributed by atoms with van der Waals surface area (Å²) >= 11 is 3.64. The zero-order valence-electron chi connectivity index (χ0n) is 11.8. The minimum absolute atomic E-state index is 0.186. The van der Waals surface area contributed by atoms with E-state index in [2.05, 4.69) is 66.0 Å². The van der Waals surface area contributed by atoms with E-state index < -0.39 is 0 Å². The fourth-order valence-electron chi connectivity index (χ4n) is 2.63. The molecule has 1 aliphatic heterocycles. The first-order chi connectivity index (χ1) is 8.39. The fraction of sp³-hybridized carbons (Fsp3) is 0.600. The molecule has 0 aliphatic carbocycles. The number of nitrogens with zero attached hydrogens (tertiary/aromatic N) is 1. The van der Waals surface area contributed by atoms with Gasteiger partial charge in [0, 0.05) is 28.8 Å². The maximum absolute atomic E-state index is 3.64. The first kappa shape index (κ1) is 13.9. The van der Waals surface area contributed by atoms with Gasteiger partial charge in [-0.05, 0) is 63.9 Å². The zero-order chi connectivity index (χ0) is 13.3. The summed E-state index contributed by atoms with van der Waals surface area (Å²) in [6.07, 6.45) is 1.21. The average Bonchev–Trinajstić information content (AvgIpc) is 2.46. The molecule has 18 heavy (non-hydrogen) atoms. The van der Waals surface area contributed by atoms with E-state index in [0.29, 0.717) is 0 Å². The van der Waals surface area contributed by atoms with E-state index in [9.17, 15) is 0 Å². The van der Waals surface area contributed by atoms with Crippen LogP contribution in [0.25, 0.3) is 0 Å². The van der Waals surface area contributed by atoms with Crippen LogP contribution in [0.3, 0.4) is 0 Å². The molecule has 0 aromatic heterocycles. The minimum atomic E-state index is 0.186. The Morgan fingerprint density at radius 1 is 1.22 bits per heavy atom. The molecule has 0 atom stereocenters. The van der Waals surface area contributed by atoms with E-state index in [1.807, 2.05) is 0 Å². The third kappa shape index (κ3) is 3.07. The lowest BCUT2D eigenvalue weighted by Crippen LogP contribution is -2.46. The molecule has 1 aliphatic rings. The van der Waals surface area contributed by atoms with Gasteiger partial charge in [-0.25, -0.2) is 0 Å². The molecule has 1 aromatic rings. The van der Waals surface area contributed by atoms with Crippen molar-refractivity contribution in [2.75, 3.05) is 24.5 Å². The SMILES string of the molecule is Cc1cc(N2CCCNC(C)(C)C2)cc(C)c1Br. The van der Waals surface area contributed by atoms with E-state index in [0.717, 1.165) is 19.6 Å². The van der Waals surface area contributed by atoms with Gasteiger partial charge in [0.25, 0.3) is 0 Å². The first-order valence-electron chi connectivity index (χ1n) is 6.66. The van der Waals surface area contributed by atoms with Crippen molar-refractivity contribution in [3.05, 3.63) is 27.7 Å². The van der Waals surface area contributed by atoms with Crippen molar-refractivity contribution in [3.8, 4) is 0 Å². The number of nitrogens with one attached hydrogen (secondary N) is 1. The van der Waals surface area contributed by atoms with E-state index in [4.69, 9.17) is 0 Å². The molecular formula is C15H23BrN2. The second kappa shape index (κ2) is 5.22. The summed E-state index contributed by atoms with van der Waals surface area (Å²) < 4.78 is 1.23. The Hall–Kier alpha value is -0.540. The molecule has 1 heterocycles. The second-order valence-corrected chi connectivity index (χ2v) is 6.77. The van der Waals surface area contributed by atoms with Crippen LogP contribution in [0.5, 0.6) is 0 Å². The van der Waals surface area contributed by atoms with Crippen LogP contribution >= 0.6 is 15.9 Å². The van der Waals surface area contributed by atoms with Crippen LogP contribution in [0.15, 0.2) is 16.6 Å². The van der Waals surface area contributed by atoms with Crippen molar-refractivity contribution in [2.45, 2.75) is 39.7 Å². The molecule has 1 fully saturated rings. The van der Waals surface area contributed by atoms with Crippen LogP contribution in [-0.4, -0.2) is 25.2 Å². The third-order valence-electron chi connectivity index (χ3n) is 3.58. The summed E-state index contributed by atoms with van der Waals surface area (Å²) in [5.74, 6) is 0. The smallest absolute Gasteiger partial charge is 0.0372 e. The summed E-state index contributed by atoms with van der Waals surface area (Å²) in [6.45, 7) is 12.2. The second-order valence-electron chi connectivity index (χ2n) is 5.98. The summed E-state index contributed by atoms with van der Waals surface area (Å²) in [7, 11) is 0. The first-order valence-corrected chi connectivity index (χ1v) is 7.45. The molecule has 1 saturated heterocycles. The number of hydrogen-bond acceptors (Lipinski definition) is 2. The van der Waals surface area contributed by atoms with Crippen LogP contribution in [0.4, 0.5) is 5.69 Å². The molecule has 0 amide bonds. The molecule has 0 unspecified atom stereocenters.